The van der Waals surface area contributed by atoms with E-state index in [1.54, 1.807) is 39.0 Å². The van der Waals surface area contributed by atoms with Crippen molar-refractivity contribution in [3.05, 3.63) is 71.0 Å². The van der Waals surface area contributed by atoms with E-state index in [1.807, 2.05) is 30.3 Å². The van der Waals surface area contributed by atoms with Gasteiger partial charge in [-0.25, -0.2) is 9.59 Å². The van der Waals surface area contributed by atoms with Crippen LogP contribution in [0.15, 0.2) is 48.5 Å². The predicted molar refractivity (Wildman–Crippen MR) is 168 cm³/mol. The van der Waals surface area contributed by atoms with Gasteiger partial charge in [-0.15, -0.1) is 10.2 Å². The van der Waals surface area contributed by atoms with E-state index in [1.165, 1.54) is 7.11 Å². The van der Waals surface area contributed by atoms with Crippen molar-refractivity contribution in [1.29, 1.82) is 0 Å². The lowest BCUT2D eigenvalue weighted by molar-refractivity contribution is -0.130. The summed E-state index contributed by atoms with van der Waals surface area (Å²) in [6.45, 7) is 7.61. The van der Waals surface area contributed by atoms with Gasteiger partial charge in [0.05, 0.1) is 7.11 Å². The molecule has 2 aromatic carbocycles. The number of benzene rings is 2. The number of hydrogen-bond donors (Lipinski definition) is 4. The first kappa shape index (κ1) is 35.5. The summed E-state index contributed by atoms with van der Waals surface area (Å²) in [7, 11) is 1.25. The predicted octanol–water partition coefficient (Wildman–Crippen LogP) is 3.04. The smallest absolute Gasteiger partial charge is 0.408 e. The summed E-state index contributed by atoms with van der Waals surface area (Å²) in [5.74, 6) is -1.13. The Morgan fingerprint density at radius 3 is 2.28 bits per heavy atom. The van der Waals surface area contributed by atoms with Gasteiger partial charge in [-0.05, 0) is 50.5 Å². The molecule has 248 valence electrons. The van der Waals surface area contributed by atoms with Crippen LogP contribution in [0.3, 0.4) is 0 Å². The average molecular weight is 638 g/mol. The van der Waals surface area contributed by atoms with Gasteiger partial charge in [0, 0.05) is 19.4 Å². The number of methoxy groups -OCH3 is 1. The number of nitrogens with zero attached hydrogens (tertiary/aromatic N) is 3. The number of H-pyrrole nitrogens is 1. The molecule has 0 unspecified atom stereocenters. The van der Waals surface area contributed by atoms with Crippen LogP contribution in [0.2, 0.25) is 0 Å². The highest BCUT2D eigenvalue weighted by Gasteiger charge is 2.29. The van der Waals surface area contributed by atoms with Gasteiger partial charge < -0.3 is 30.2 Å². The van der Waals surface area contributed by atoms with Crippen LogP contribution >= 0.6 is 0 Å². The van der Waals surface area contributed by atoms with Crippen LogP contribution in [0.5, 0.6) is 5.75 Å². The van der Waals surface area contributed by atoms with Crippen LogP contribution in [0, 0.1) is 0 Å². The third kappa shape index (κ3) is 11.8. The van der Waals surface area contributed by atoms with Crippen LogP contribution in [0.1, 0.15) is 74.3 Å². The number of carbonyl (C=O) groups is 4. The molecule has 1 aromatic heterocycles. The van der Waals surface area contributed by atoms with Gasteiger partial charge in [-0.3, -0.25) is 9.59 Å². The van der Waals surface area contributed by atoms with E-state index in [-0.39, 0.29) is 36.6 Å². The van der Waals surface area contributed by atoms with Crippen LogP contribution in [-0.2, 0) is 38.5 Å². The fourth-order valence-electron chi connectivity index (χ4n) is 4.42. The van der Waals surface area contributed by atoms with Crippen LogP contribution < -0.4 is 20.7 Å². The molecule has 3 aromatic rings. The number of tetrazole rings is 1. The van der Waals surface area contributed by atoms with E-state index in [2.05, 4.69) is 43.5 Å². The Hall–Kier alpha value is -5.01. The molecule has 2 atom stereocenters. The molecule has 46 heavy (non-hydrogen) atoms. The number of carbonyl (C=O) groups excluding carboxylic acids is 4. The molecule has 1 heterocycles. The lowest BCUT2D eigenvalue weighted by Crippen LogP contribution is -2.55. The number of aromatic nitrogens is 4. The Balaban J connectivity index is 1.86. The topological polar surface area (TPSA) is 187 Å². The normalized spacial score (nSPS) is 12.4. The maximum atomic E-state index is 13.7. The number of ether oxygens (including phenoxy) is 3. The Labute approximate surface area is 268 Å². The van der Waals surface area contributed by atoms with Crippen molar-refractivity contribution >= 4 is 23.9 Å². The molecule has 0 spiro atoms. The first-order valence-corrected chi connectivity index (χ1v) is 15.2. The van der Waals surface area contributed by atoms with Crippen LogP contribution in [0.4, 0.5) is 4.79 Å². The van der Waals surface area contributed by atoms with Gasteiger partial charge in [0.25, 0.3) is 0 Å². The summed E-state index contributed by atoms with van der Waals surface area (Å²) in [5, 5.41) is 21.9. The highest BCUT2D eigenvalue weighted by molar-refractivity contribution is 5.93. The Bertz CT molecular complexity index is 1430. The van der Waals surface area contributed by atoms with Gasteiger partial charge in [0.15, 0.2) is 6.61 Å². The van der Waals surface area contributed by atoms with Gasteiger partial charge in [-0.2, -0.15) is 5.21 Å². The van der Waals surface area contributed by atoms with Crippen molar-refractivity contribution in [3.63, 3.8) is 0 Å². The third-order valence-corrected chi connectivity index (χ3v) is 6.64. The summed E-state index contributed by atoms with van der Waals surface area (Å²) in [5.41, 5.74) is 0.697. The minimum atomic E-state index is -1.04. The van der Waals surface area contributed by atoms with Crippen molar-refractivity contribution in [2.75, 3.05) is 13.7 Å². The molecule has 3 rings (SSSR count). The van der Waals surface area contributed by atoms with E-state index >= 15 is 0 Å². The van der Waals surface area contributed by atoms with Gasteiger partial charge in [0.2, 0.25) is 17.6 Å². The Morgan fingerprint density at radius 1 is 0.913 bits per heavy atom. The molecule has 14 heteroatoms. The Morgan fingerprint density at radius 2 is 1.63 bits per heavy atom. The first-order valence-electron chi connectivity index (χ1n) is 15.2. The van der Waals surface area contributed by atoms with Crippen molar-refractivity contribution in [2.45, 2.75) is 84.1 Å². The number of aromatic amines is 1. The summed E-state index contributed by atoms with van der Waals surface area (Å²) in [4.78, 5) is 52.5. The molecule has 14 nitrogen and oxygen atoms in total. The maximum absolute atomic E-state index is 13.7. The van der Waals surface area contributed by atoms with E-state index in [0.717, 1.165) is 24.8 Å². The second-order valence-electron chi connectivity index (χ2n) is 11.6. The quantitative estimate of drug-likeness (QED) is 0.134. The zero-order chi connectivity index (χ0) is 33.5. The van der Waals surface area contributed by atoms with E-state index in [0.29, 0.717) is 12.1 Å². The molecule has 0 saturated carbocycles. The standard InChI is InChI=1S/C32H43N7O7/c1-6-7-11-16-33-28(40)24(19-22-14-15-26(23(17-22)30(42)44-5)45-20-27-36-38-39-37-27)34-29(41)25(18-21-12-9-8-10-13-21)35-31(43)46-32(2,3)4/h8-10,12-15,17,24-25H,6-7,11,16,18-20H2,1-5H3,(H,33,40)(H,34,41)(H,35,43)(H,36,37,38,39)/t24-,25-/m0/s1. The largest absolute Gasteiger partial charge is 0.485 e. The molecule has 0 aliphatic carbocycles. The summed E-state index contributed by atoms with van der Waals surface area (Å²) >= 11 is 0. The minimum absolute atomic E-state index is 0.0327. The second-order valence-corrected chi connectivity index (χ2v) is 11.6. The van der Waals surface area contributed by atoms with Crippen molar-refractivity contribution < 1.29 is 33.4 Å². The van der Waals surface area contributed by atoms with E-state index < -0.39 is 41.6 Å². The second kappa shape index (κ2) is 17.5. The van der Waals surface area contributed by atoms with Crippen LogP contribution in [0.25, 0.3) is 0 Å². The highest BCUT2D eigenvalue weighted by atomic mass is 16.6. The fourth-order valence-corrected chi connectivity index (χ4v) is 4.42. The number of rotatable bonds is 16. The number of alkyl carbamates (subject to hydrolysis) is 1. The highest BCUT2D eigenvalue weighted by Crippen LogP contribution is 2.23. The zero-order valence-electron chi connectivity index (χ0n) is 26.9. The average Bonchev–Trinajstić information content (AvgIpc) is 3.54. The summed E-state index contributed by atoms with van der Waals surface area (Å²) < 4.78 is 16.1. The summed E-state index contributed by atoms with van der Waals surface area (Å²) in [6.07, 6.45) is 2.12. The molecular formula is C32H43N7O7. The molecule has 0 saturated heterocycles. The van der Waals surface area contributed by atoms with Gasteiger partial charge in [-0.1, -0.05) is 61.4 Å². The SMILES string of the molecule is CCCCCNC(=O)[C@H](Cc1ccc(OCc2nn[nH]n2)c(C(=O)OC)c1)NC(=O)[C@H](Cc1ccccc1)NC(=O)OC(C)(C)C. The van der Waals surface area contributed by atoms with Crippen molar-refractivity contribution in [3.8, 4) is 5.75 Å². The van der Waals surface area contributed by atoms with E-state index in [9.17, 15) is 19.2 Å². The lowest BCUT2D eigenvalue weighted by Gasteiger charge is -2.25. The molecule has 0 bridgehead atoms. The van der Waals surface area contributed by atoms with Crippen molar-refractivity contribution in [2.24, 2.45) is 0 Å². The third-order valence-electron chi connectivity index (χ3n) is 6.64. The molecule has 4 N–H and O–H groups in total. The molecule has 0 aliphatic heterocycles. The maximum Gasteiger partial charge on any atom is 0.408 e. The number of nitrogens with one attached hydrogen (secondary N) is 4. The van der Waals surface area contributed by atoms with Gasteiger partial charge in [0.1, 0.15) is 29.0 Å². The number of unbranched alkanes of at least 4 members (excludes halogenated alkanes) is 2. The van der Waals surface area contributed by atoms with Crippen LogP contribution in [-0.4, -0.2) is 75.8 Å². The molecule has 0 radical (unpaired) electrons. The lowest BCUT2D eigenvalue weighted by atomic mass is 10.0. The fraction of sp³-hybridized carbons (Fsp3) is 0.469. The monoisotopic (exact) mass is 637 g/mol. The first-order chi connectivity index (χ1) is 22.0. The van der Waals surface area contributed by atoms with Crippen molar-refractivity contribution in [1.82, 2.24) is 36.6 Å². The number of esters is 1. The summed E-state index contributed by atoms with van der Waals surface area (Å²) in [6, 6.07) is 11.9. The Kier molecular flexibility index (Phi) is 13.5. The van der Waals surface area contributed by atoms with Gasteiger partial charge >= 0.3 is 12.1 Å². The molecule has 3 amide bonds. The molecule has 0 aliphatic rings. The molecule has 0 fully saturated rings. The minimum Gasteiger partial charge on any atom is -0.485 e. The number of amides is 3. The number of hydrogen-bond acceptors (Lipinski definition) is 10. The zero-order valence-corrected chi connectivity index (χ0v) is 26.9. The van der Waals surface area contributed by atoms with E-state index in [4.69, 9.17) is 14.2 Å². The molecular weight excluding hydrogens is 594 g/mol.